The second-order valence-corrected chi connectivity index (χ2v) is 4.84. The first kappa shape index (κ1) is 15.4. The Labute approximate surface area is 115 Å². The van der Waals surface area contributed by atoms with Crippen molar-refractivity contribution in [3.63, 3.8) is 0 Å². The molecule has 1 unspecified atom stereocenters. The van der Waals surface area contributed by atoms with Crippen molar-refractivity contribution in [2.45, 2.75) is 33.7 Å². The second kappa shape index (κ2) is 7.74. The molecule has 0 aliphatic carbocycles. The van der Waals surface area contributed by atoms with E-state index < -0.39 is 0 Å². The zero-order chi connectivity index (χ0) is 14.3. The van der Waals surface area contributed by atoms with E-state index in [0.717, 1.165) is 31.6 Å². The Kier molecular flexibility index (Phi) is 6.29. The van der Waals surface area contributed by atoms with Crippen molar-refractivity contribution in [3.8, 4) is 0 Å². The van der Waals surface area contributed by atoms with Crippen LogP contribution in [0.15, 0.2) is 23.5 Å². The number of amidine groups is 1. The lowest BCUT2D eigenvalue weighted by molar-refractivity contribution is 0.237. The molecule has 1 aromatic heterocycles. The van der Waals surface area contributed by atoms with E-state index in [9.17, 15) is 0 Å². The Balaban J connectivity index is 2.85. The van der Waals surface area contributed by atoms with Gasteiger partial charge in [0, 0.05) is 19.3 Å². The number of oxime groups is 1. The summed E-state index contributed by atoms with van der Waals surface area (Å²) >= 11 is 0. The molecule has 1 atom stereocenters. The Bertz CT molecular complexity index is 420. The van der Waals surface area contributed by atoms with Gasteiger partial charge in [0.05, 0.1) is 0 Å². The summed E-state index contributed by atoms with van der Waals surface area (Å²) in [4.78, 5) is 6.54. The fraction of sp³-hybridized carbons (Fsp3) is 0.571. The maximum absolute atomic E-state index is 8.80. The van der Waals surface area contributed by atoms with Gasteiger partial charge in [0.2, 0.25) is 0 Å². The molecule has 0 fully saturated rings. The molecule has 5 nitrogen and oxygen atoms in total. The van der Waals surface area contributed by atoms with Crippen molar-refractivity contribution < 1.29 is 5.21 Å². The molecule has 1 aromatic rings. The van der Waals surface area contributed by atoms with Crippen molar-refractivity contribution in [1.29, 1.82) is 0 Å². The average molecular weight is 264 g/mol. The monoisotopic (exact) mass is 264 g/mol. The molecule has 0 aliphatic heterocycles. The Morgan fingerprint density at radius 1 is 1.53 bits per heavy atom. The average Bonchev–Trinajstić information content (AvgIpc) is 2.45. The van der Waals surface area contributed by atoms with Crippen LogP contribution in [0.4, 0.5) is 0 Å². The zero-order valence-corrected chi connectivity index (χ0v) is 12.0. The predicted octanol–water partition coefficient (Wildman–Crippen LogP) is 2.04. The lowest BCUT2D eigenvalue weighted by Gasteiger charge is -2.24. The lowest BCUT2D eigenvalue weighted by atomic mass is 10.1. The number of aromatic nitrogens is 1. The smallest absolute Gasteiger partial charge is 0.189 e. The highest BCUT2D eigenvalue weighted by molar-refractivity contribution is 5.96. The molecule has 0 amide bonds. The molecule has 0 aromatic carbocycles. The molecule has 106 valence electrons. The Morgan fingerprint density at radius 3 is 2.84 bits per heavy atom. The summed E-state index contributed by atoms with van der Waals surface area (Å²) in [6, 6.07) is 3.85. The molecular formula is C14H24N4O. The van der Waals surface area contributed by atoms with Crippen LogP contribution in [0, 0.1) is 5.92 Å². The van der Waals surface area contributed by atoms with E-state index in [1.54, 1.807) is 6.20 Å². The lowest BCUT2D eigenvalue weighted by Crippen LogP contribution is -2.29. The van der Waals surface area contributed by atoms with Crippen LogP contribution in [-0.4, -0.2) is 34.0 Å². The molecule has 0 saturated carbocycles. The normalized spacial score (nSPS) is 13.8. The minimum absolute atomic E-state index is 0.0650. The summed E-state index contributed by atoms with van der Waals surface area (Å²) < 4.78 is 0. The molecule has 0 bridgehead atoms. The quantitative estimate of drug-likeness (QED) is 0.342. The van der Waals surface area contributed by atoms with Gasteiger partial charge < -0.3 is 10.9 Å². The summed E-state index contributed by atoms with van der Waals surface area (Å²) in [7, 11) is 0. The maximum atomic E-state index is 8.80. The van der Waals surface area contributed by atoms with Crippen LogP contribution in [0.5, 0.6) is 0 Å². The van der Waals surface area contributed by atoms with Crippen molar-refractivity contribution in [3.05, 3.63) is 29.6 Å². The summed E-state index contributed by atoms with van der Waals surface area (Å²) in [5.74, 6) is 0.721. The molecular weight excluding hydrogens is 240 g/mol. The van der Waals surface area contributed by atoms with Crippen molar-refractivity contribution in [1.82, 2.24) is 9.88 Å². The summed E-state index contributed by atoms with van der Waals surface area (Å²) in [5, 5.41) is 11.8. The Hall–Kier alpha value is -1.62. The first-order chi connectivity index (χ1) is 9.12. The number of rotatable bonds is 7. The molecule has 1 rings (SSSR count). The zero-order valence-electron chi connectivity index (χ0n) is 12.0. The van der Waals surface area contributed by atoms with E-state index in [-0.39, 0.29) is 5.84 Å². The third-order valence-electron chi connectivity index (χ3n) is 3.35. The number of hydrogen-bond donors (Lipinski definition) is 2. The SMILES string of the molecule is CCC(C)CN(CC)Cc1cccnc1C(N)=NO. The van der Waals surface area contributed by atoms with Crippen molar-refractivity contribution in [2.75, 3.05) is 13.1 Å². The van der Waals surface area contributed by atoms with Crippen LogP contribution < -0.4 is 5.73 Å². The van der Waals surface area contributed by atoms with Crippen molar-refractivity contribution >= 4 is 5.84 Å². The van der Waals surface area contributed by atoms with Crippen LogP contribution in [0.25, 0.3) is 0 Å². The highest BCUT2D eigenvalue weighted by Crippen LogP contribution is 2.12. The van der Waals surface area contributed by atoms with Gasteiger partial charge in [-0.3, -0.25) is 9.88 Å². The molecule has 0 aliphatic rings. The number of nitrogens with two attached hydrogens (primary N) is 1. The fourth-order valence-corrected chi connectivity index (χ4v) is 1.96. The van der Waals surface area contributed by atoms with Gasteiger partial charge in [0.25, 0.3) is 0 Å². The molecule has 5 heteroatoms. The van der Waals surface area contributed by atoms with Gasteiger partial charge in [0.15, 0.2) is 5.84 Å². The Morgan fingerprint density at radius 2 is 2.26 bits per heavy atom. The van der Waals surface area contributed by atoms with Crippen LogP contribution in [-0.2, 0) is 6.54 Å². The number of pyridine rings is 1. The van der Waals surface area contributed by atoms with Crippen LogP contribution >= 0.6 is 0 Å². The molecule has 19 heavy (non-hydrogen) atoms. The first-order valence-corrected chi connectivity index (χ1v) is 6.76. The van der Waals surface area contributed by atoms with E-state index in [2.05, 4.69) is 35.8 Å². The van der Waals surface area contributed by atoms with Crippen LogP contribution in [0.1, 0.15) is 38.4 Å². The van der Waals surface area contributed by atoms with E-state index in [4.69, 9.17) is 10.9 Å². The highest BCUT2D eigenvalue weighted by atomic mass is 16.4. The van der Waals surface area contributed by atoms with E-state index in [1.165, 1.54) is 0 Å². The molecule has 3 N–H and O–H groups in total. The van der Waals surface area contributed by atoms with Gasteiger partial charge in [0.1, 0.15) is 5.69 Å². The largest absolute Gasteiger partial charge is 0.409 e. The summed E-state index contributed by atoms with van der Waals surface area (Å²) in [6.07, 6.45) is 2.82. The molecule has 0 spiro atoms. The van der Waals surface area contributed by atoms with Crippen LogP contribution in [0.3, 0.4) is 0 Å². The number of hydrogen-bond acceptors (Lipinski definition) is 4. The third-order valence-corrected chi connectivity index (χ3v) is 3.35. The minimum Gasteiger partial charge on any atom is -0.409 e. The molecule has 0 radical (unpaired) electrons. The first-order valence-electron chi connectivity index (χ1n) is 6.76. The molecule has 1 heterocycles. The van der Waals surface area contributed by atoms with E-state index in [0.29, 0.717) is 11.6 Å². The highest BCUT2D eigenvalue weighted by Gasteiger charge is 2.13. The van der Waals surface area contributed by atoms with Crippen LogP contribution in [0.2, 0.25) is 0 Å². The maximum Gasteiger partial charge on any atom is 0.189 e. The van der Waals surface area contributed by atoms with E-state index >= 15 is 0 Å². The van der Waals surface area contributed by atoms with Gasteiger partial charge >= 0.3 is 0 Å². The number of nitrogens with zero attached hydrogens (tertiary/aromatic N) is 3. The fourth-order valence-electron chi connectivity index (χ4n) is 1.96. The van der Waals surface area contributed by atoms with Gasteiger partial charge in [-0.2, -0.15) is 0 Å². The van der Waals surface area contributed by atoms with E-state index in [1.807, 2.05) is 12.1 Å². The minimum atomic E-state index is 0.0650. The molecule has 0 saturated heterocycles. The standard InChI is InChI=1S/C14H24N4O/c1-4-11(3)9-18(5-2)10-12-7-6-8-16-13(12)14(15)17-19/h6-8,11,19H,4-5,9-10H2,1-3H3,(H2,15,17). The van der Waals surface area contributed by atoms with Gasteiger partial charge in [-0.25, -0.2) is 0 Å². The third kappa shape index (κ3) is 4.52. The summed E-state index contributed by atoms with van der Waals surface area (Å²) in [6.45, 7) is 9.36. The topological polar surface area (TPSA) is 74.7 Å². The summed E-state index contributed by atoms with van der Waals surface area (Å²) in [5.41, 5.74) is 7.21. The predicted molar refractivity (Wildman–Crippen MR) is 77.2 cm³/mol. The van der Waals surface area contributed by atoms with Gasteiger partial charge in [-0.15, -0.1) is 0 Å². The van der Waals surface area contributed by atoms with Crippen molar-refractivity contribution in [2.24, 2.45) is 16.8 Å². The second-order valence-electron chi connectivity index (χ2n) is 4.84. The van der Waals surface area contributed by atoms with Gasteiger partial charge in [-0.05, 0) is 24.1 Å². The van der Waals surface area contributed by atoms with Gasteiger partial charge in [-0.1, -0.05) is 38.4 Å².